The van der Waals surface area contributed by atoms with Crippen LogP contribution in [0.15, 0.2) is 48.5 Å². The van der Waals surface area contributed by atoms with Crippen LogP contribution in [-0.4, -0.2) is 20.1 Å². The largest absolute Gasteiger partial charge is 0.497 e. The molecule has 0 fully saturated rings. The average molecular weight is 301 g/mol. The van der Waals surface area contributed by atoms with Gasteiger partial charge in [0.15, 0.2) is 0 Å². The summed E-state index contributed by atoms with van der Waals surface area (Å²) in [6, 6.07) is 11.0. The Morgan fingerprint density at radius 2 is 1.77 bits per heavy atom. The molecule has 0 unspecified atom stereocenters. The first-order valence-corrected chi connectivity index (χ1v) is 6.58. The lowest BCUT2D eigenvalue weighted by Gasteiger charge is -2.06. The molecule has 22 heavy (non-hydrogen) atoms. The molecule has 2 aromatic rings. The van der Waals surface area contributed by atoms with Crippen LogP contribution in [0, 0.1) is 5.82 Å². The number of methoxy groups -OCH3 is 2. The Morgan fingerprint density at radius 1 is 1.09 bits per heavy atom. The summed E-state index contributed by atoms with van der Waals surface area (Å²) in [6.45, 7) is 0. The van der Waals surface area contributed by atoms with E-state index in [1.165, 1.54) is 24.3 Å². The molecule has 0 saturated carbocycles. The second-order valence-corrected chi connectivity index (χ2v) is 4.48. The first-order valence-electron chi connectivity index (χ1n) is 6.58. The zero-order valence-electron chi connectivity index (χ0n) is 12.3. The highest BCUT2D eigenvalue weighted by atomic mass is 19.1. The predicted octanol–water partition coefficient (Wildman–Crippen LogP) is 3.49. The number of hydrogen-bond acceptors (Lipinski definition) is 3. The number of ether oxygens (including phenoxy) is 2. The van der Waals surface area contributed by atoms with Gasteiger partial charge in [-0.25, -0.2) is 4.39 Å². The third-order valence-electron chi connectivity index (χ3n) is 2.89. The van der Waals surface area contributed by atoms with Crippen molar-refractivity contribution in [3.05, 3.63) is 59.9 Å². The summed E-state index contributed by atoms with van der Waals surface area (Å²) in [4.78, 5) is 11.8. The molecule has 2 rings (SSSR count). The Kier molecular flexibility index (Phi) is 5.14. The smallest absolute Gasteiger partial charge is 0.248 e. The summed E-state index contributed by atoms with van der Waals surface area (Å²) in [5, 5.41) is 2.58. The van der Waals surface area contributed by atoms with Gasteiger partial charge in [-0.15, -0.1) is 0 Å². The Bertz CT molecular complexity index is 676. The lowest BCUT2D eigenvalue weighted by Crippen LogP contribution is -2.07. The Labute approximate surface area is 128 Å². The van der Waals surface area contributed by atoms with Crippen molar-refractivity contribution in [1.29, 1.82) is 0 Å². The van der Waals surface area contributed by atoms with Crippen LogP contribution < -0.4 is 14.8 Å². The summed E-state index contributed by atoms with van der Waals surface area (Å²) < 4.78 is 23.4. The molecule has 2 aromatic carbocycles. The van der Waals surface area contributed by atoms with Gasteiger partial charge in [0, 0.05) is 17.8 Å². The van der Waals surface area contributed by atoms with Gasteiger partial charge < -0.3 is 14.8 Å². The highest BCUT2D eigenvalue weighted by molar-refractivity contribution is 6.01. The molecular weight excluding hydrogens is 285 g/mol. The van der Waals surface area contributed by atoms with Crippen LogP contribution in [0.5, 0.6) is 11.5 Å². The number of amides is 1. The topological polar surface area (TPSA) is 47.6 Å². The molecule has 0 bridgehead atoms. The summed E-state index contributed by atoms with van der Waals surface area (Å²) >= 11 is 0. The van der Waals surface area contributed by atoms with E-state index in [0.717, 1.165) is 5.56 Å². The van der Waals surface area contributed by atoms with Crippen LogP contribution in [0.25, 0.3) is 6.08 Å². The lowest BCUT2D eigenvalue weighted by atomic mass is 10.2. The number of nitrogens with one attached hydrogen (secondary N) is 1. The number of hydrogen-bond donors (Lipinski definition) is 1. The molecule has 0 aromatic heterocycles. The number of carbonyl (C=O) groups is 1. The van der Waals surface area contributed by atoms with Gasteiger partial charge in [-0.1, -0.05) is 6.07 Å². The molecule has 1 amide bonds. The van der Waals surface area contributed by atoms with Crippen molar-refractivity contribution in [2.75, 3.05) is 19.5 Å². The molecule has 5 heteroatoms. The maximum absolute atomic E-state index is 13.0. The van der Waals surface area contributed by atoms with Crippen molar-refractivity contribution in [2.24, 2.45) is 0 Å². The third kappa shape index (κ3) is 4.34. The summed E-state index contributed by atoms with van der Waals surface area (Å²) in [6.07, 6.45) is 2.98. The van der Waals surface area contributed by atoms with Crippen LogP contribution in [0.1, 0.15) is 5.56 Å². The lowest BCUT2D eigenvalue weighted by molar-refractivity contribution is -0.111. The molecule has 0 radical (unpaired) electrons. The second-order valence-electron chi connectivity index (χ2n) is 4.48. The SMILES string of the molecule is COc1cc(/C=C/C(=O)Nc2cccc(F)c2)cc(OC)c1. The van der Waals surface area contributed by atoms with Crippen LogP contribution in [-0.2, 0) is 4.79 Å². The van der Waals surface area contributed by atoms with Gasteiger partial charge in [0.2, 0.25) is 5.91 Å². The number of benzene rings is 2. The number of anilines is 1. The molecular formula is C17H16FNO3. The van der Waals surface area contributed by atoms with Crippen molar-refractivity contribution in [1.82, 2.24) is 0 Å². The van der Waals surface area contributed by atoms with Crippen molar-refractivity contribution in [3.63, 3.8) is 0 Å². The Morgan fingerprint density at radius 3 is 2.36 bits per heavy atom. The maximum atomic E-state index is 13.0. The van der Waals surface area contributed by atoms with Gasteiger partial charge in [0.05, 0.1) is 14.2 Å². The van der Waals surface area contributed by atoms with E-state index in [1.807, 2.05) is 0 Å². The minimum absolute atomic E-state index is 0.354. The molecule has 1 N–H and O–H groups in total. The van der Waals surface area contributed by atoms with Crippen molar-refractivity contribution >= 4 is 17.7 Å². The van der Waals surface area contributed by atoms with Gasteiger partial charge in [-0.3, -0.25) is 4.79 Å². The first-order chi connectivity index (χ1) is 10.6. The van der Waals surface area contributed by atoms with Crippen molar-refractivity contribution < 1.29 is 18.7 Å². The van der Waals surface area contributed by atoms with E-state index in [9.17, 15) is 9.18 Å². The minimum Gasteiger partial charge on any atom is -0.497 e. The fourth-order valence-electron chi connectivity index (χ4n) is 1.85. The maximum Gasteiger partial charge on any atom is 0.248 e. The number of carbonyl (C=O) groups excluding carboxylic acids is 1. The standard InChI is InChI=1S/C17H16FNO3/c1-21-15-8-12(9-16(11-15)22-2)6-7-17(20)19-14-5-3-4-13(18)10-14/h3-11H,1-2H3,(H,19,20)/b7-6+. The van der Waals surface area contributed by atoms with E-state index in [-0.39, 0.29) is 5.91 Å². The normalized spacial score (nSPS) is 10.5. The zero-order valence-corrected chi connectivity index (χ0v) is 12.3. The van der Waals surface area contributed by atoms with E-state index >= 15 is 0 Å². The molecule has 0 aliphatic rings. The molecule has 0 aliphatic carbocycles. The summed E-state index contributed by atoms with van der Waals surface area (Å²) in [7, 11) is 3.11. The molecule has 0 atom stereocenters. The van der Waals surface area contributed by atoms with E-state index in [0.29, 0.717) is 17.2 Å². The fraction of sp³-hybridized carbons (Fsp3) is 0.118. The molecule has 0 saturated heterocycles. The number of rotatable bonds is 5. The van der Waals surface area contributed by atoms with Crippen LogP contribution >= 0.6 is 0 Å². The van der Waals surface area contributed by atoms with Gasteiger partial charge in [0.1, 0.15) is 17.3 Å². The quantitative estimate of drug-likeness (QED) is 0.860. The van der Waals surface area contributed by atoms with Crippen LogP contribution in [0.3, 0.4) is 0 Å². The predicted molar refractivity (Wildman–Crippen MR) is 83.6 cm³/mol. The second kappa shape index (κ2) is 7.26. The van der Waals surface area contributed by atoms with E-state index in [1.54, 1.807) is 44.6 Å². The van der Waals surface area contributed by atoms with E-state index in [4.69, 9.17) is 9.47 Å². The molecule has 4 nitrogen and oxygen atoms in total. The summed E-state index contributed by atoms with van der Waals surface area (Å²) in [5.41, 5.74) is 1.16. The van der Waals surface area contributed by atoms with Gasteiger partial charge in [0.25, 0.3) is 0 Å². The molecule has 0 aliphatic heterocycles. The van der Waals surface area contributed by atoms with Crippen LogP contribution in [0.4, 0.5) is 10.1 Å². The molecule has 0 heterocycles. The van der Waals surface area contributed by atoms with Gasteiger partial charge in [-0.05, 0) is 42.0 Å². The van der Waals surface area contributed by atoms with Gasteiger partial charge >= 0.3 is 0 Å². The Balaban J connectivity index is 2.09. The Hall–Kier alpha value is -2.82. The molecule has 0 spiro atoms. The number of halogens is 1. The third-order valence-corrected chi connectivity index (χ3v) is 2.89. The van der Waals surface area contributed by atoms with Crippen LogP contribution in [0.2, 0.25) is 0 Å². The monoisotopic (exact) mass is 301 g/mol. The highest BCUT2D eigenvalue weighted by Crippen LogP contribution is 2.23. The van der Waals surface area contributed by atoms with Gasteiger partial charge in [-0.2, -0.15) is 0 Å². The van der Waals surface area contributed by atoms with Crippen molar-refractivity contribution in [3.8, 4) is 11.5 Å². The first kappa shape index (κ1) is 15.6. The fourth-order valence-corrected chi connectivity index (χ4v) is 1.85. The van der Waals surface area contributed by atoms with E-state index in [2.05, 4.69) is 5.32 Å². The highest BCUT2D eigenvalue weighted by Gasteiger charge is 2.02. The average Bonchev–Trinajstić information content (AvgIpc) is 2.52. The minimum atomic E-state index is -0.403. The molecule has 114 valence electrons. The van der Waals surface area contributed by atoms with E-state index < -0.39 is 5.82 Å². The van der Waals surface area contributed by atoms with Crippen molar-refractivity contribution in [2.45, 2.75) is 0 Å². The zero-order chi connectivity index (χ0) is 15.9. The summed E-state index contributed by atoms with van der Waals surface area (Å²) in [5.74, 6) is 0.501.